The van der Waals surface area contributed by atoms with E-state index in [1.807, 2.05) is 0 Å². The first-order valence-corrected chi connectivity index (χ1v) is 7.52. The van der Waals surface area contributed by atoms with Crippen molar-refractivity contribution in [3.63, 3.8) is 0 Å². The topological polar surface area (TPSA) is 36.7 Å². The third kappa shape index (κ3) is 5.88. The van der Waals surface area contributed by atoms with Crippen LogP contribution in [0.4, 0.5) is 5.69 Å². The quantitative estimate of drug-likeness (QED) is 0.621. The summed E-state index contributed by atoms with van der Waals surface area (Å²) in [7, 11) is 4.61. The minimum absolute atomic E-state index is 0. The van der Waals surface area contributed by atoms with Crippen LogP contribution in [0, 0.1) is 13.8 Å². The molecule has 0 radical (unpaired) electrons. The minimum Gasteiger partial charge on any atom is -0.693 e. The molecule has 2 rings (SSSR count). The number of piperidine rings is 1. The zero-order valence-corrected chi connectivity index (χ0v) is 12.5. The zero-order valence-electron chi connectivity index (χ0n) is 9.51. The number of rotatable bonds is 1. The summed E-state index contributed by atoms with van der Waals surface area (Å²) in [6.45, 7) is 2.37. The Balaban J connectivity index is 0. The molecule has 16 heavy (non-hydrogen) atoms. The average Bonchev–Trinajstić information content (AvgIpc) is 2.34. The third-order valence-electron chi connectivity index (χ3n) is 2.33. The van der Waals surface area contributed by atoms with Gasteiger partial charge in [0, 0.05) is 5.69 Å². The standard InChI is InChI=1S/C11H14N.CH3.ClH.H2N.Pt/c1-3-7-11(8-4-1)12-9-5-2-6-10-12;;;;/h1-4,7-8H,5-6,9-10H2;1H3;1H;1H2;/q2*-1;;-1;+1/p-1. The van der Waals surface area contributed by atoms with E-state index in [0.29, 0.717) is 0 Å². The number of nitrogens with zero attached hydrogens (tertiary/aromatic N) is 1. The smallest absolute Gasteiger partial charge is 0.0364 e. The van der Waals surface area contributed by atoms with E-state index in [1.165, 1.54) is 31.6 Å². The predicted molar refractivity (Wildman–Crippen MR) is 69.7 cm³/mol. The van der Waals surface area contributed by atoms with E-state index < -0.39 is 0 Å². The van der Waals surface area contributed by atoms with Crippen molar-refractivity contribution in [1.29, 1.82) is 0 Å². The molecule has 1 aromatic carbocycles. The van der Waals surface area contributed by atoms with Gasteiger partial charge in [0.2, 0.25) is 0 Å². The van der Waals surface area contributed by atoms with Crippen molar-refractivity contribution < 1.29 is 18.8 Å². The summed E-state index contributed by atoms with van der Waals surface area (Å²) in [4.78, 5) is 2.44. The van der Waals surface area contributed by atoms with Crippen LogP contribution < -0.4 is 4.90 Å². The van der Waals surface area contributed by atoms with Gasteiger partial charge in [-0.15, -0.1) is 0 Å². The molecule has 1 fully saturated rings. The number of anilines is 1. The molecule has 0 atom stereocenters. The van der Waals surface area contributed by atoms with Gasteiger partial charge in [-0.2, -0.15) is 12.8 Å². The molecule has 1 aliphatic rings. The molecule has 2 N–H and O–H groups in total. The van der Waals surface area contributed by atoms with E-state index >= 15 is 0 Å². The number of para-hydroxylation sites is 1. The molecule has 2 nitrogen and oxygen atoms in total. The molecular weight excluding hydrogens is 403 g/mol. The molecule has 4 heteroatoms. The SMILES string of the molecule is [CH3-].[Cl][Pt].[NH2-].c1ccc(N2CC[CH-]CC2)cc1. The number of hydrogen-bond acceptors (Lipinski definition) is 1. The molecule has 1 heterocycles. The van der Waals surface area contributed by atoms with Crippen LogP contribution in [0.3, 0.4) is 0 Å². The Morgan fingerprint density at radius 2 is 1.56 bits per heavy atom. The van der Waals surface area contributed by atoms with E-state index in [0.717, 1.165) is 0 Å². The van der Waals surface area contributed by atoms with Gasteiger partial charge in [-0.1, -0.05) is 18.2 Å². The number of halogens is 1. The van der Waals surface area contributed by atoms with Crippen molar-refractivity contribution in [1.82, 2.24) is 0 Å². The normalized spacial score (nSPS) is 13.8. The molecule has 0 spiro atoms. The van der Waals surface area contributed by atoms with Crippen LogP contribution in [0.2, 0.25) is 0 Å². The summed E-state index contributed by atoms with van der Waals surface area (Å²) in [6, 6.07) is 10.7. The maximum atomic E-state index is 4.61. The second-order valence-corrected chi connectivity index (χ2v) is 3.19. The van der Waals surface area contributed by atoms with Gasteiger partial charge < -0.3 is 24.9 Å². The fourth-order valence-corrected chi connectivity index (χ4v) is 1.65. The fourth-order valence-electron chi connectivity index (χ4n) is 1.65. The maximum Gasteiger partial charge on any atom is 0.0364 e. The second-order valence-electron chi connectivity index (χ2n) is 3.19. The van der Waals surface area contributed by atoms with Gasteiger partial charge in [-0.3, -0.25) is 0 Å². The van der Waals surface area contributed by atoms with Gasteiger partial charge in [0.1, 0.15) is 0 Å². The first kappa shape index (κ1) is 18.3. The number of benzene rings is 1. The van der Waals surface area contributed by atoms with E-state index in [9.17, 15) is 0 Å². The molecule has 97 valence electrons. The van der Waals surface area contributed by atoms with Crippen molar-refractivity contribution in [2.24, 2.45) is 0 Å². The monoisotopic (exact) mass is 421 g/mol. The summed E-state index contributed by atoms with van der Waals surface area (Å²) >= 11 is 1.61. The van der Waals surface area contributed by atoms with E-state index in [4.69, 9.17) is 0 Å². The zero-order chi connectivity index (χ0) is 10.2. The van der Waals surface area contributed by atoms with Crippen molar-refractivity contribution in [2.45, 2.75) is 12.8 Å². The Hall–Kier alpha value is -0.0417. The first-order valence-electron chi connectivity index (χ1n) is 4.70. The molecule has 1 aliphatic heterocycles. The van der Waals surface area contributed by atoms with E-state index in [-0.39, 0.29) is 13.6 Å². The molecule has 1 saturated heterocycles. The molecular formula is C12H19ClN2Pt-3. The maximum absolute atomic E-state index is 4.61. The van der Waals surface area contributed by atoms with Gasteiger partial charge in [0.25, 0.3) is 0 Å². The molecule has 0 unspecified atom stereocenters. The summed E-state index contributed by atoms with van der Waals surface area (Å²) < 4.78 is 0. The second kappa shape index (κ2) is 11.4. The largest absolute Gasteiger partial charge is 0.693 e. The van der Waals surface area contributed by atoms with Crippen molar-refractivity contribution >= 4 is 15.1 Å². The summed E-state index contributed by atoms with van der Waals surface area (Å²) in [6.07, 6.45) is 4.84. The van der Waals surface area contributed by atoms with Gasteiger partial charge in [0.05, 0.1) is 0 Å². The van der Waals surface area contributed by atoms with Gasteiger partial charge in [-0.05, 0) is 25.2 Å². The van der Waals surface area contributed by atoms with Crippen LogP contribution in [0.15, 0.2) is 30.3 Å². The third-order valence-corrected chi connectivity index (χ3v) is 2.33. The van der Waals surface area contributed by atoms with Crippen LogP contribution in [0.25, 0.3) is 6.15 Å². The summed E-state index contributed by atoms with van der Waals surface area (Å²) in [5, 5.41) is 0. The van der Waals surface area contributed by atoms with Gasteiger partial charge in [-0.25, -0.2) is 0 Å². The number of hydrogen-bond donors (Lipinski definition) is 0. The fraction of sp³-hybridized carbons (Fsp3) is 0.333. The number of nitrogens with two attached hydrogens (primary N) is 1. The van der Waals surface area contributed by atoms with Crippen LogP contribution >= 0.6 is 9.42 Å². The Bertz CT molecular complexity index is 238. The Kier molecular flexibility index (Phi) is 13.1. The first-order chi connectivity index (χ1) is 6.97. The summed E-state index contributed by atoms with van der Waals surface area (Å²) in [5.74, 6) is 0. The van der Waals surface area contributed by atoms with Crippen molar-refractivity contribution in [3.05, 3.63) is 50.3 Å². The minimum atomic E-state index is 0. The Morgan fingerprint density at radius 1 is 1.06 bits per heavy atom. The predicted octanol–water partition coefficient (Wildman–Crippen LogP) is 4.35. The molecule has 0 amide bonds. The molecule has 0 saturated carbocycles. The molecule has 0 aliphatic carbocycles. The van der Waals surface area contributed by atoms with Crippen LogP contribution in [-0.2, 0) is 18.8 Å². The molecule has 0 aromatic heterocycles. The van der Waals surface area contributed by atoms with Crippen LogP contribution in [-0.4, -0.2) is 13.1 Å². The van der Waals surface area contributed by atoms with Gasteiger partial charge >= 0.3 is 28.2 Å². The van der Waals surface area contributed by atoms with Crippen LogP contribution in [0.1, 0.15) is 12.8 Å². The van der Waals surface area contributed by atoms with Crippen molar-refractivity contribution in [3.8, 4) is 0 Å². The molecule has 1 aromatic rings. The van der Waals surface area contributed by atoms with Crippen LogP contribution in [0.5, 0.6) is 0 Å². The Morgan fingerprint density at radius 3 is 2.06 bits per heavy atom. The van der Waals surface area contributed by atoms with Crippen molar-refractivity contribution in [2.75, 3.05) is 18.0 Å². The van der Waals surface area contributed by atoms with E-state index in [2.05, 4.69) is 51.1 Å². The van der Waals surface area contributed by atoms with E-state index in [1.54, 1.807) is 18.8 Å². The van der Waals surface area contributed by atoms with Gasteiger partial charge in [0.15, 0.2) is 0 Å². The average molecular weight is 422 g/mol. The summed E-state index contributed by atoms with van der Waals surface area (Å²) in [5.41, 5.74) is 1.37. The molecule has 0 bridgehead atoms. The Labute approximate surface area is 115 Å².